The van der Waals surface area contributed by atoms with E-state index in [-0.39, 0.29) is 19.8 Å². The first kappa shape index (κ1) is 21.4. The van der Waals surface area contributed by atoms with Crippen LogP contribution in [0.3, 0.4) is 0 Å². The van der Waals surface area contributed by atoms with E-state index < -0.39 is 48.4 Å². The second kappa shape index (κ2) is 10.4. The lowest BCUT2D eigenvalue weighted by molar-refractivity contribution is -0.206. The summed E-state index contributed by atoms with van der Waals surface area (Å²) >= 11 is 0. The van der Waals surface area contributed by atoms with Crippen molar-refractivity contribution in [3.05, 3.63) is 12.7 Å². The standard InChI is InChI=1S/C16H23NO9/c1-5-6-22-16(21)17-12-7-24-13(8-23-9(2)18)15(26-11(4)20)14(12)25-10(3)19/h5,12-15H,1,6-8H2,2-4H3,(H,17,21)/t12?,13?,14?,15-/m0/s1. The number of ether oxygens (including phenoxy) is 5. The molecule has 0 radical (unpaired) electrons. The second-order valence-electron chi connectivity index (χ2n) is 5.46. The van der Waals surface area contributed by atoms with Crippen molar-refractivity contribution in [1.29, 1.82) is 0 Å². The molecule has 10 nitrogen and oxygen atoms in total. The fourth-order valence-corrected chi connectivity index (χ4v) is 2.33. The predicted octanol–water partition coefficient (Wildman–Crippen LogP) is 0.0925. The van der Waals surface area contributed by atoms with E-state index in [1.807, 2.05) is 0 Å². The summed E-state index contributed by atoms with van der Waals surface area (Å²) in [6.45, 7) is 6.68. The van der Waals surface area contributed by atoms with Crippen LogP contribution in [0.15, 0.2) is 12.7 Å². The highest BCUT2D eigenvalue weighted by molar-refractivity contribution is 5.69. The molecular weight excluding hydrogens is 350 g/mol. The molecule has 1 saturated heterocycles. The molecule has 0 saturated carbocycles. The summed E-state index contributed by atoms with van der Waals surface area (Å²) in [4.78, 5) is 45.7. The summed E-state index contributed by atoms with van der Waals surface area (Å²) in [7, 11) is 0. The number of hydrogen-bond donors (Lipinski definition) is 1. The molecule has 1 rings (SSSR count). The molecule has 0 spiro atoms. The van der Waals surface area contributed by atoms with E-state index in [2.05, 4.69) is 11.9 Å². The van der Waals surface area contributed by atoms with Crippen LogP contribution in [0.1, 0.15) is 20.8 Å². The first-order valence-corrected chi connectivity index (χ1v) is 7.88. The van der Waals surface area contributed by atoms with Crippen molar-refractivity contribution in [3.8, 4) is 0 Å². The molecule has 1 fully saturated rings. The molecule has 0 bridgehead atoms. The van der Waals surface area contributed by atoms with Crippen molar-refractivity contribution in [2.24, 2.45) is 0 Å². The number of hydrogen-bond acceptors (Lipinski definition) is 9. The van der Waals surface area contributed by atoms with Crippen LogP contribution >= 0.6 is 0 Å². The Morgan fingerprint density at radius 2 is 1.65 bits per heavy atom. The molecule has 146 valence electrons. The second-order valence-corrected chi connectivity index (χ2v) is 5.46. The number of carbonyl (C=O) groups is 4. The summed E-state index contributed by atoms with van der Waals surface area (Å²) in [6.07, 6.45) is -2.40. The molecule has 0 aromatic rings. The molecule has 1 amide bonds. The minimum atomic E-state index is -1.09. The number of alkyl carbamates (subject to hydrolysis) is 1. The summed E-state index contributed by atoms with van der Waals surface area (Å²) in [6, 6.07) is -0.839. The fourth-order valence-electron chi connectivity index (χ4n) is 2.33. The van der Waals surface area contributed by atoms with Crippen LogP contribution in [0.5, 0.6) is 0 Å². The van der Waals surface area contributed by atoms with Crippen molar-refractivity contribution in [1.82, 2.24) is 5.32 Å². The lowest BCUT2D eigenvalue weighted by Crippen LogP contribution is -2.62. The Hall–Kier alpha value is -2.62. The lowest BCUT2D eigenvalue weighted by atomic mass is 9.97. The van der Waals surface area contributed by atoms with Gasteiger partial charge in [0.05, 0.1) is 12.6 Å². The Labute approximate surface area is 150 Å². The lowest BCUT2D eigenvalue weighted by Gasteiger charge is -2.40. The van der Waals surface area contributed by atoms with Crippen LogP contribution in [0.25, 0.3) is 0 Å². The van der Waals surface area contributed by atoms with Gasteiger partial charge in [0.25, 0.3) is 0 Å². The molecule has 1 aliphatic rings. The maximum Gasteiger partial charge on any atom is 0.407 e. The quantitative estimate of drug-likeness (QED) is 0.375. The van der Waals surface area contributed by atoms with Crippen LogP contribution in [0, 0.1) is 0 Å². The Morgan fingerprint density at radius 1 is 1.04 bits per heavy atom. The van der Waals surface area contributed by atoms with Gasteiger partial charge in [0.1, 0.15) is 19.3 Å². The van der Waals surface area contributed by atoms with Gasteiger partial charge in [-0.05, 0) is 0 Å². The van der Waals surface area contributed by atoms with Gasteiger partial charge in [-0.25, -0.2) is 4.79 Å². The van der Waals surface area contributed by atoms with Crippen molar-refractivity contribution in [2.75, 3.05) is 19.8 Å². The zero-order valence-electron chi connectivity index (χ0n) is 14.9. The van der Waals surface area contributed by atoms with Crippen molar-refractivity contribution >= 4 is 24.0 Å². The van der Waals surface area contributed by atoms with Crippen molar-refractivity contribution < 1.29 is 42.9 Å². The van der Waals surface area contributed by atoms with Crippen LogP contribution in [0.4, 0.5) is 4.79 Å². The monoisotopic (exact) mass is 373 g/mol. The Bertz CT molecular complexity index is 548. The predicted molar refractivity (Wildman–Crippen MR) is 85.9 cm³/mol. The minimum absolute atomic E-state index is 0.0138. The molecule has 1 N–H and O–H groups in total. The van der Waals surface area contributed by atoms with Crippen LogP contribution in [-0.2, 0) is 38.1 Å². The van der Waals surface area contributed by atoms with E-state index in [0.717, 1.165) is 0 Å². The topological polar surface area (TPSA) is 126 Å². The Morgan fingerprint density at radius 3 is 2.19 bits per heavy atom. The third-order valence-electron chi connectivity index (χ3n) is 3.27. The molecule has 1 heterocycles. The van der Waals surface area contributed by atoms with Crippen LogP contribution in [0.2, 0.25) is 0 Å². The maximum absolute atomic E-state index is 11.8. The van der Waals surface area contributed by atoms with Gasteiger partial charge in [-0.3, -0.25) is 14.4 Å². The van der Waals surface area contributed by atoms with Crippen molar-refractivity contribution in [3.63, 3.8) is 0 Å². The van der Waals surface area contributed by atoms with E-state index in [1.165, 1.54) is 26.8 Å². The number of carbonyl (C=O) groups excluding carboxylic acids is 4. The number of rotatable bonds is 7. The molecular formula is C16H23NO9. The number of nitrogens with one attached hydrogen (secondary N) is 1. The fraction of sp³-hybridized carbons (Fsp3) is 0.625. The third kappa shape index (κ3) is 7.09. The molecule has 0 aromatic carbocycles. The van der Waals surface area contributed by atoms with Gasteiger partial charge in [-0.15, -0.1) is 0 Å². The van der Waals surface area contributed by atoms with E-state index >= 15 is 0 Å². The van der Waals surface area contributed by atoms with Gasteiger partial charge >= 0.3 is 24.0 Å². The largest absolute Gasteiger partial charge is 0.463 e. The molecule has 1 aliphatic heterocycles. The normalized spacial score (nSPS) is 24.7. The molecule has 0 aliphatic carbocycles. The highest BCUT2D eigenvalue weighted by Gasteiger charge is 2.46. The summed E-state index contributed by atoms with van der Waals surface area (Å²) in [5.74, 6) is -1.85. The van der Waals surface area contributed by atoms with Crippen LogP contribution in [-0.4, -0.2) is 68.2 Å². The maximum atomic E-state index is 11.8. The van der Waals surface area contributed by atoms with Gasteiger partial charge in [-0.1, -0.05) is 12.7 Å². The first-order chi connectivity index (χ1) is 12.2. The zero-order valence-corrected chi connectivity index (χ0v) is 14.9. The zero-order chi connectivity index (χ0) is 19.7. The van der Waals surface area contributed by atoms with E-state index in [4.69, 9.17) is 23.7 Å². The van der Waals surface area contributed by atoms with Gasteiger partial charge in [0.2, 0.25) is 0 Å². The highest BCUT2D eigenvalue weighted by atomic mass is 16.6. The highest BCUT2D eigenvalue weighted by Crippen LogP contribution is 2.23. The Balaban J connectivity index is 2.96. The average Bonchev–Trinajstić information content (AvgIpc) is 2.54. The molecule has 26 heavy (non-hydrogen) atoms. The van der Waals surface area contributed by atoms with E-state index in [9.17, 15) is 19.2 Å². The summed E-state index contributed by atoms with van der Waals surface area (Å²) in [5, 5.41) is 2.49. The first-order valence-electron chi connectivity index (χ1n) is 7.88. The third-order valence-corrected chi connectivity index (χ3v) is 3.27. The summed E-state index contributed by atoms with van der Waals surface area (Å²) in [5.41, 5.74) is 0. The van der Waals surface area contributed by atoms with Gasteiger partial charge in [0.15, 0.2) is 12.2 Å². The number of amides is 1. The molecule has 4 atom stereocenters. The smallest absolute Gasteiger partial charge is 0.407 e. The van der Waals surface area contributed by atoms with E-state index in [1.54, 1.807) is 0 Å². The van der Waals surface area contributed by atoms with Gasteiger partial charge in [-0.2, -0.15) is 0 Å². The van der Waals surface area contributed by atoms with Gasteiger partial charge < -0.3 is 29.0 Å². The van der Waals surface area contributed by atoms with Crippen molar-refractivity contribution in [2.45, 2.75) is 45.1 Å². The summed E-state index contributed by atoms with van der Waals surface area (Å²) < 4.78 is 25.7. The molecule has 3 unspecified atom stereocenters. The van der Waals surface area contributed by atoms with E-state index in [0.29, 0.717) is 0 Å². The minimum Gasteiger partial charge on any atom is -0.463 e. The Kier molecular flexibility index (Phi) is 8.56. The average molecular weight is 373 g/mol. The SMILES string of the molecule is C=CCOC(=O)NC1COC(COC(C)=O)[C@H](OC(C)=O)C1OC(C)=O. The molecule has 0 aromatic heterocycles. The molecule has 10 heteroatoms. The number of esters is 3. The van der Waals surface area contributed by atoms with Gasteiger partial charge in [0, 0.05) is 20.8 Å². The van der Waals surface area contributed by atoms with Crippen LogP contribution < -0.4 is 5.32 Å².